The maximum absolute atomic E-state index is 10.6. The van der Waals surface area contributed by atoms with E-state index in [-0.39, 0.29) is 6.04 Å². The molecule has 190 valence electrons. The summed E-state index contributed by atoms with van der Waals surface area (Å²) in [7, 11) is 0. The molecular weight excluding hydrogens is 484 g/mol. The molecule has 6 nitrogen and oxygen atoms in total. The Bertz CT molecular complexity index is 1340. The monoisotopic (exact) mass is 514 g/mol. The number of pyridine rings is 1. The highest BCUT2D eigenvalue weighted by Crippen LogP contribution is 2.38. The van der Waals surface area contributed by atoms with Gasteiger partial charge in [0.2, 0.25) is 0 Å². The van der Waals surface area contributed by atoms with Crippen molar-refractivity contribution in [2.45, 2.75) is 38.5 Å². The van der Waals surface area contributed by atoms with Crippen LogP contribution < -0.4 is 9.64 Å². The molecule has 0 saturated carbocycles. The van der Waals surface area contributed by atoms with E-state index in [2.05, 4.69) is 33.0 Å². The largest absolute Gasteiger partial charge is 0.487 e. The lowest BCUT2D eigenvalue weighted by Gasteiger charge is -2.39. The second-order valence-corrected chi connectivity index (χ2v) is 10.5. The quantitative estimate of drug-likeness (QED) is 0.492. The Morgan fingerprint density at radius 3 is 2.73 bits per heavy atom. The van der Waals surface area contributed by atoms with Crippen molar-refractivity contribution in [3.63, 3.8) is 0 Å². The Morgan fingerprint density at radius 1 is 1.16 bits per heavy atom. The lowest BCUT2D eigenvalue weighted by molar-refractivity contribution is 0.0785. The van der Waals surface area contributed by atoms with Crippen LogP contribution in [0.3, 0.4) is 0 Å². The Hall–Kier alpha value is -3.37. The zero-order valence-corrected chi connectivity index (χ0v) is 21.9. The van der Waals surface area contributed by atoms with Crippen molar-refractivity contribution in [3.05, 3.63) is 94.3 Å². The zero-order valence-electron chi connectivity index (χ0n) is 21.2. The SMILES string of the molecule is CC(C)(O)c1ccc2c(c1)/C(=C\CCN1CCN(c3ccc(Cl)cc3)C(C#N)C1)c1cccnc1CO2. The van der Waals surface area contributed by atoms with Gasteiger partial charge >= 0.3 is 0 Å². The van der Waals surface area contributed by atoms with Gasteiger partial charge in [0.25, 0.3) is 0 Å². The molecule has 3 heterocycles. The maximum atomic E-state index is 10.6. The second kappa shape index (κ2) is 10.5. The van der Waals surface area contributed by atoms with Gasteiger partial charge in [-0.3, -0.25) is 9.88 Å². The van der Waals surface area contributed by atoms with Crippen LogP contribution in [0.25, 0.3) is 5.57 Å². The highest BCUT2D eigenvalue weighted by molar-refractivity contribution is 6.30. The van der Waals surface area contributed by atoms with Crippen LogP contribution in [0.4, 0.5) is 5.69 Å². The van der Waals surface area contributed by atoms with E-state index in [0.29, 0.717) is 18.2 Å². The van der Waals surface area contributed by atoms with Gasteiger partial charge in [-0.15, -0.1) is 0 Å². The number of nitrogens with zero attached hydrogens (tertiary/aromatic N) is 4. The Kier molecular flexibility index (Phi) is 7.21. The number of hydrogen-bond acceptors (Lipinski definition) is 6. The number of aromatic nitrogens is 1. The van der Waals surface area contributed by atoms with E-state index in [4.69, 9.17) is 16.3 Å². The summed E-state index contributed by atoms with van der Waals surface area (Å²) in [4.78, 5) is 9.08. The van der Waals surface area contributed by atoms with Gasteiger partial charge in [0.15, 0.2) is 0 Å². The minimum absolute atomic E-state index is 0.214. The highest BCUT2D eigenvalue weighted by atomic mass is 35.5. The molecule has 0 spiro atoms. The van der Waals surface area contributed by atoms with Crippen LogP contribution in [0.1, 0.15) is 42.7 Å². The average Bonchev–Trinajstić information content (AvgIpc) is 3.05. The van der Waals surface area contributed by atoms with Crippen molar-refractivity contribution in [1.82, 2.24) is 9.88 Å². The number of aliphatic hydroxyl groups is 1. The van der Waals surface area contributed by atoms with Gasteiger partial charge < -0.3 is 14.7 Å². The van der Waals surface area contributed by atoms with E-state index >= 15 is 0 Å². The fraction of sp³-hybridized carbons (Fsp3) is 0.333. The van der Waals surface area contributed by atoms with Crippen LogP contribution in [0.2, 0.25) is 5.02 Å². The average molecular weight is 515 g/mol. The standard InChI is InChI=1S/C30H31ClN4O2/c1-30(2,36)21-7-12-29-27(17-21)25(26-5-3-13-33-28(26)20-37-29)6-4-14-34-15-16-35(24(18-32)19-34)23-10-8-22(31)9-11-23/h3,5-13,17,24,36H,4,14-16,19-20H2,1-2H3/b25-6-. The molecule has 1 fully saturated rings. The number of anilines is 1. The van der Waals surface area contributed by atoms with Gasteiger partial charge in [-0.2, -0.15) is 5.26 Å². The van der Waals surface area contributed by atoms with Gasteiger partial charge in [-0.25, -0.2) is 0 Å². The fourth-order valence-corrected chi connectivity index (χ4v) is 5.17. The number of nitriles is 1. The molecule has 1 N–H and O–H groups in total. The summed E-state index contributed by atoms with van der Waals surface area (Å²) in [5, 5.41) is 21.2. The van der Waals surface area contributed by atoms with Crippen molar-refractivity contribution in [2.75, 3.05) is 31.1 Å². The van der Waals surface area contributed by atoms with Gasteiger partial charge in [0.05, 0.1) is 17.4 Å². The van der Waals surface area contributed by atoms with Crippen molar-refractivity contribution < 1.29 is 9.84 Å². The molecule has 1 atom stereocenters. The molecule has 37 heavy (non-hydrogen) atoms. The molecule has 2 aromatic carbocycles. The van der Waals surface area contributed by atoms with Crippen LogP contribution in [-0.2, 0) is 12.2 Å². The molecule has 1 saturated heterocycles. The van der Waals surface area contributed by atoms with Gasteiger partial charge in [0, 0.05) is 54.2 Å². The number of piperazine rings is 1. The molecule has 2 aliphatic heterocycles. The third-order valence-corrected chi connectivity index (χ3v) is 7.34. The van der Waals surface area contributed by atoms with Gasteiger partial charge in [-0.05, 0) is 73.9 Å². The number of ether oxygens (including phenoxy) is 1. The minimum Gasteiger partial charge on any atom is -0.487 e. The zero-order chi connectivity index (χ0) is 26.0. The summed E-state index contributed by atoms with van der Waals surface area (Å²) in [6.45, 7) is 7.18. The van der Waals surface area contributed by atoms with Crippen molar-refractivity contribution >= 4 is 22.9 Å². The van der Waals surface area contributed by atoms with Crippen LogP contribution in [0.15, 0.2) is 66.9 Å². The summed E-state index contributed by atoms with van der Waals surface area (Å²) in [6, 6.07) is 19.9. The number of halogens is 1. The first-order chi connectivity index (χ1) is 17.8. The highest BCUT2D eigenvalue weighted by Gasteiger charge is 2.27. The number of benzene rings is 2. The van der Waals surface area contributed by atoms with E-state index in [9.17, 15) is 10.4 Å². The topological polar surface area (TPSA) is 72.6 Å². The Balaban J connectivity index is 1.37. The van der Waals surface area contributed by atoms with E-state index in [1.54, 1.807) is 20.0 Å². The molecule has 0 amide bonds. The summed E-state index contributed by atoms with van der Waals surface area (Å²) < 4.78 is 6.11. The molecule has 0 aliphatic carbocycles. The molecule has 2 aliphatic rings. The lowest BCUT2D eigenvalue weighted by Crippen LogP contribution is -2.52. The van der Waals surface area contributed by atoms with Gasteiger partial charge in [-0.1, -0.05) is 29.8 Å². The predicted molar refractivity (Wildman–Crippen MR) is 147 cm³/mol. The third-order valence-electron chi connectivity index (χ3n) is 7.09. The molecule has 5 rings (SSSR count). The van der Waals surface area contributed by atoms with Crippen molar-refractivity contribution in [3.8, 4) is 11.8 Å². The summed E-state index contributed by atoms with van der Waals surface area (Å²) in [5.74, 6) is 0.790. The fourth-order valence-electron chi connectivity index (χ4n) is 5.04. The molecule has 1 aromatic heterocycles. The summed E-state index contributed by atoms with van der Waals surface area (Å²) in [6.07, 6.45) is 4.85. The lowest BCUT2D eigenvalue weighted by atomic mass is 9.90. The second-order valence-electron chi connectivity index (χ2n) is 10.1. The summed E-state index contributed by atoms with van der Waals surface area (Å²) >= 11 is 6.05. The third kappa shape index (κ3) is 5.50. The first kappa shape index (κ1) is 25.3. The van der Waals surface area contributed by atoms with E-state index in [1.165, 1.54) is 0 Å². The van der Waals surface area contributed by atoms with Crippen LogP contribution in [-0.4, -0.2) is 47.2 Å². The number of fused-ring (bicyclic) bond motifs is 2. The van der Waals surface area contributed by atoms with Crippen molar-refractivity contribution in [1.29, 1.82) is 5.26 Å². The van der Waals surface area contributed by atoms with Crippen LogP contribution in [0.5, 0.6) is 5.75 Å². The number of hydrogen-bond donors (Lipinski definition) is 1. The first-order valence-corrected chi connectivity index (χ1v) is 13.0. The number of rotatable bonds is 5. The first-order valence-electron chi connectivity index (χ1n) is 12.6. The maximum Gasteiger partial charge on any atom is 0.131 e. The normalized spacial score (nSPS) is 18.9. The molecule has 7 heteroatoms. The molecule has 1 unspecified atom stereocenters. The molecular formula is C30H31ClN4O2. The van der Waals surface area contributed by atoms with E-state index in [0.717, 1.165) is 65.4 Å². The molecule has 3 aromatic rings. The van der Waals surface area contributed by atoms with Gasteiger partial charge in [0.1, 0.15) is 18.4 Å². The predicted octanol–water partition coefficient (Wildman–Crippen LogP) is 5.39. The molecule has 0 bridgehead atoms. The Labute approximate surface area is 223 Å². The molecule has 0 radical (unpaired) electrons. The minimum atomic E-state index is -0.958. The van der Waals surface area contributed by atoms with Crippen LogP contribution in [0, 0.1) is 11.3 Å². The van der Waals surface area contributed by atoms with Crippen molar-refractivity contribution in [2.24, 2.45) is 0 Å². The van der Waals surface area contributed by atoms with E-state index in [1.807, 2.05) is 48.5 Å². The van der Waals surface area contributed by atoms with Crippen LogP contribution >= 0.6 is 11.6 Å². The summed E-state index contributed by atoms with van der Waals surface area (Å²) in [5.41, 5.74) is 4.89. The van der Waals surface area contributed by atoms with E-state index < -0.39 is 5.60 Å². The Morgan fingerprint density at radius 2 is 1.97 bits per heavy atom. The smallest absolute Gasteiger partial charge is 0.131 e.